The largest absolute Gasteiger partial charge is 0.737 e. The number of fused-ring (bicyclic) bond motifs is 7. The maximum atomic E-state index is 14.5. The van der Waals surface area contributed by atoms with E-state index in [0.717, 1.165) is 4.48 Å². The van der Waals surface area contributed by atoms with Gasteiger partial charge in [0.05, 0.1) is 12.4 Å². The third-order valence-corrected chi connectivity index (χ3v) is 4.00. The van der Waals surface area contributed by atoms with Crippen LogP contribution in [0.1, 0.15) is 0 Å². The lowest BCUT2D eigenvalue weighted by Crippen LogP contribution is -2.65. The number of aromatic nitrogens is 4. The van der Waals surface area contributed by atoms with E-state index < -0.39 is 7.04 Å². The molecule has 1 aliphatic rings. The average molecular weight is 299 g/mol. The summed E-state index contributed by atoms with van der Waals surface area (Å²) in [5.41, 5.74) is 2.09. The van der Waals surface area contributed by atoms with Crippen molar-refractivity contribution >= 4 is 18.3 Å². The molecule has 22 heavy (non-hydrogen) atoms. The zero-order valence-corrected chi connectivity index (χ0v) is 11.3. The predicted molar refractivity (Wildman–Crippen MR) is 74.5 cm³/mol. The van der Waals surface area contributed by atoms with Crippen molar-refractivity contribution in [3.63, 3.8) is 0 Å². The lowest BCUT2D eigenvalue weighted by atomic mass is 10.0. The molecule has 5 rings (SSSR count). The van der Waals surface area contributed by atoms with Crippen LogP contribution >= 0.6 is 0 Å². The second-order valence-corrected chi connectivity index (χ2v) is 5.29. The molecule has 1 N–H and O–H groups in total. The first-order valence-corrected chi connectivity index (χ1v) is 6.89. The van der Waals surface area contributed by atoms with E-state index in [2.05, 4.69) is 4.98 Å². The Bertz CT molecular complexity index is 1060. The third-order valence-electron chi connectivity index (χ3n) is 4.00. The van der Waals surface area contributed by atoms with Gasteiger partial charge in [-0.15, -0.1) is 0 Å². The van der Waals surface area contributed by atoms with Crippen LogP contribution in [0.15, 0.2) is 55.0 Å². The molecule has 0 unspecified atom stereocenters. The molecule has 8 heteroatoms. The summed E-state index contributed by atoms with van der Waals surface area (Å²) in [7, 11) is -4.19. The molecule has 0 aromatic carbocycles. The topological polar surface area (TPSA) is 37.4 Å². The van der Waals surface area contributed by atoms with Gasteiger partial charge in [0.2, 0.25) is 5.65 Å². The van der Waals surface area contributed by atoms with Crippen molar-refractivity contribution < 1.29 is 22.2 Å². The fourth-order valence-corrected chi connectivity index (χ4v) is 3.11. The molecular formula is C14H10BF2N4O+. The summed E-state index contributed by atoms with van der Waals surface area (Å²) < 4.78 is 38.5. The molecular weight excluding hydrogens is 289 g/mol. The van der Waals surface area contributed by atoms with Gasteiger partial charge in [-0.3, -0.25) is 0 Å². The smallest absolute Gasteiger partial charge is 0.590 e. The van der Waals surface area contributed by atoms with Crippen LogP contribution in [0, 0.1) is 0 Å². The van der Waals surface area contributed by atoms with Gasteiger partial charge in [-0.05, 0) is 12.1 Å². The van der Waals surface area contributed by atoms with Crippen molar-refractivity contribution in [1.29, 1.82) is 0 Å². The summed E-state index contributed by atoms with van der Waals surface area (Å²) in [6.07, 6.45) is 5.25. The minimum atomic E-state index is -4.19. The number of pyridine rings is 2. The van der Waals surface area contributed by atoms with Gasteiger partial charge in [0.25, 0.3) is 17.2 Å². The fraction of sp³-hybridized carbons (Fsp3) is 0. The van der Waals surface area contributed by atoms with Gasteiger partial charge in [0.1, 0.15) is 6.20 Å². The summed E-state index contributed by atoms with van der Waals surface area (Å²) in [6.45, 7) is 0. The molecule has 4 aromatic rings. The van der Waals surface area contributed by atoms with Crippen LogP contribution in [-0.4, -0.2) is 16.4 Å². The van der Waals surface area contributed by atoms with Gasteiger partial charge in [-0.2, -0.15) is 4.40 Å². The molecule has 0 atom stereocenters. The van der Waals surface area contributed by atoms with E-state index >= 15 is 0 Å². The van der Waals surface area contributed by atoms with E-state index in [0.29, 0.717) is 22.7 Å². The van der Waals surface area contributed by atoms with Crippen LogP contribution in [0.4, 0.5) is 8.63 Å². The minimum absolute atomic E-state index is 0.0899. The van der Waals surface area contributed by atoms with E-state index in [4.69, 9.17) is 4.65 Å². The van der Waals surface area contributed by atoms with Gasteiger partial charge in [-0.1, -0.05) is 12.1 Å². The van der Waals surface area contributed by atoms with Crippen molar-refractivity contribution in [2.75, 3.05) is 0 Å². The number of hydrogen-bond donors (Lipinski definition) is 1. The molecule has 5 nitrogen and oxygen atoms in total. The summed E-state index contributed by atoms with van der Waals surface area (Å²) in [4.78, 5) is 2.91. The normalized spacial score (nSPS) is 15.5. The Morgan fingerprint density at radius 2 is 2.00 bits per heavy atom. The maximum Gasteiger partial charge on any atom is 0.737 e. The summed E-state index contributed by atoms with van der Waals surface area (Å²) >= 11 is 0. The number of imidazole rings is 2. The number of nitrogens with zero attached hydrogens (tertiary/aromatic N) is 3. The molecule has 5 heterocycles. The quantitative estimate of drug-likeness (QED) is 0.388. The molecule has 108 valence electrons. The highest BCUT2D eigenvalue weighted by molar-refractivity contribution is 6.51. The lowest BCUT2D eigenvalue weighted by molar-refractivity contribution is -0.561. The van der Waals surface area contributed by atoms with Crippen molar-refractivity contribution in [2.45, 2.75) is 0 Å². The van der Waals surface area contributed by atoms with E-state index in [9.17, 15) is 8.63 Å². The van der Waals surface area contributed by atoms with Gasteiger partial charge in [-0.25, -0.2) is 9.38 Å². The molecule has 0 saturated carbocycles. The Morgan fingerprint density at radius 1 is 1.14 bits per heavy atom. The molecule has 0 radical (unpaired) electrons. The van der Waals surface area contributed by atoms with Crippen LogP contribution < -0.4 is 13.5 Å². The van der Waals surface area contributed by atoms with Gasteiger partial charge >= 0.3 is 7.04 Å². The van der Waals surface area contributed by atoms with Crippen molar-refractivity contribution in [3.05, 3.63) is 55.0 Å². The van der Waals surface area contributed by atoms with Crippen LogP contribution in [0.2, 0.25) is 0 Å². The first kappa shape index (κ1) is 11.7. The maximum absolute atomic E-state index is 14.5. The van der Waals surface area contributed by atoms with E-state index in [1.165, 1.54) is 0 Å². The summed E-state index contributed by atoms with van der Waals surface area (Å²) in [5, 5.41) is 0. The number of nitrogens with one attached hydrogen (secondary N) is 1. The molecule has 0 aliphatic carbocycles. The summed E-state index contributed by atoms with van der Waals surface area (Å²) in [5.74, 6) is 0.0899. The fourth-order valence-electron chi connectivity index (χ4n) is 3.11. The number of H-pyrrole nitrogens is 1. The zero-order valence-electron chi connectivity index (χ0n) is 11.3. The average Bonchev–Trinajstić information content (AvgIpc) is 3.03. The Kier molecular flexibility index (Phi) is 1.95. The Labute approximate surface area is 123 Å². The molecule has 1 aliphatic heterocycles. The number of aromatic amines is 1. The van der Waals surface area contributed by atoms with Crippen LogP contribution in [-0.2, 0) is 0 Å². The highest BCUT2D eigenvalue weighted by Gasteiger charge is 2.51. The van der Waals surface area contributed by atoms with Gasteiger partial charge < -0.3 is 17.8 Å². The Hall–Kier alpha value is -2.90. The first-order valence-electron chi connectivity index (χ1n) is 6.89. The SMILES string of the molecule is F[B-]1(F)Oc2[nH]c3cccc[n+]3c2-c2cn3ccccc3[n+]21. The molecule has 0 saturated heterocycles. The molecule has 4 aromatic heterocycles. The van der Waals surface area contributed by atoms with E-state index in [-0.39, 0.29) is 5.88 Å². The Balaban J connectivity index is 1.98. The van der Waals surface area contributed by atoms with Crippen molar-refractivity contribution in [2.24, 2.45) is 0 Å². The molecule has 0 fully saturated rings. The number of rotatable bonds is 0. The van der Waals surface area contributed by atoms with E-state index in [1.807, 2.05) is 28.8 Å². The van der Waals surface area contributed by atoms with Gasteiger partial charge in [0, 0.05) is 12.1 Å². The monoisotopic (exact) mass is 299 g/mol. The second kappa shape index (κ2) is 3.65. The van der Waals surface area contributed by atoms with E-state index in [1.54, 1.807) is 35.0 Å². The van der Waals surface area contributed by atoms with Crippen LogP contribution in [0.5, 0.6) is 5.88 Å². The summed E-state index contributed by atoms with van der Waals surface area (Å²) in [6, 6.07) is 10.7. The molecule has 0 bridgehead atoms. The van der Waals surface area contributed by atoms with Crippen LogP contribution in [0.3, 0.4) is 0 Å². The number of halogens is 2. The zero-order chi connectivity index (χ0) is 14.9. The first-order chi connectivity index (χ1) is 10.6. The van der Waals surface area contributed by atoms with Gasteiger partial charge in [0.15, 0.2) is 5.69 Å². The predicted octanol–water partition coefficient (Wildman–Crippen LogP) is 1.58. The molecule has 0 spiro atoms. The Morgan fingerprint density at radius 3 is 2.91 bits per heavy atom. The van der Waals surface area contributed by atoms with Crippen molar-refractivity contribution in [1.82, 2.24) is 9.38 Å². The molecule has 0 amide bonds. The van der Waals surface area contributed by atoms with Crippen LogP contribution in [0.25, 0.3) is 22.7 Å². The number of hydrogen-bond acceptors (Lipinski definition) is 1. The van der Waals surface area contributed by atoms with Crippen molar-refractivity contribution in [3.8, 4) is 17.3 Å². The highest BCUT2D eigenvalue weighted by Crippen LogP contribution is 2.32. The lowest BCUT2D eigenvalue weighted by Gasteiger charge is -2.25. The minimum Gasteiger partial charge on any atom is -0.590 e. The standard InChI is InChI=1S/C14H9BF2N4O/c16-15(17)21-10(9-19-7-3-2-6-12(19)21)13-14(22-15)18-11-5-1-4-8-20(11)13/h1-9H/p+1. The highest BCUT2D eigenvalue weighted by atomic mass is 19.3. The second-order valence-electron chi connectivity index (χ2n) is 5.29. The third kappa shape index (κ3) is 1.31.